The molecule has 0 spiro atoms. The maximum atomic E-state index is 5.61. The first-order chi connectivity index (χ1) is 6.83. The summed E-state index contributed by atoms with van der Waals surface area (Å²) in [6, 6.07) is 2.36. The van der Waals surface area contributed by atoms with Gasteiger partial charge in [0.2, 0.25) is 0 Å². The molecule has 3 unspecified atom stereocenters. The number of hydrogen-bond donors (Lipinski definition) is 2. The zero-order valence-electron chi connectivity index (χ0n) is 8.27. The average Bonchev–Trinajstić information content (AvgIpc) is 2.80. The average molecular weight is 212 g/mol. The number of nitrogens with one attached hydrogen (secondary N) is 1. The van der Waals surface area contributed by atoms with Gasteiger partial charge in [-0.1, -0.05) is 0 Å². The van der Waals surface area contributed by atoms with E-state index >= 15 is 0 Å². The maximum absolute atomic E-state index is 5.61. The number of rotatable bonds is 3. The second-order valence-electron chi connectivity index (χ2n) is 3.73. The van der Waals surface area contributed by atoms with Gasteiger partial charge in [-0.2, -0.15) is 11.3 Å². The van der Waals surface area contributed by atoms with Crippen molar-refractivity contribution in [2.45, 2.75) is 25.5 Å². The molecule has 0 amide bonds. The third-order valence-electron chi connectivity index (χ3n) is 2.94. The van der Waals surface area contributed by atoms with Gasteiger partial charge in [-0.25, -0.2) is 0 Å². The highest BCUT2D eigenvalue weighted by Crippen LogP contribution is 2.33. The Bertz CT molecular complexity index is 276. The molecule has 3 atom stereocenters. The molecule has 1 aromatic rings. The fourth-order valence-corrected chi connectivity index (χ4v) is 2.80. The van der Waals surface area contributed by atoms with Gasteiger partial charge in [0.05, 0.1) is 12.1 Å². The van der Waals surface area contributed by atoms with Crippen molar-refractivity contribution >= 4 is 11.3 Å². The van der Waals surface area contributed by atoms with E-state index in [1.807, 2.05) is 0 Å². The maximum Gasteiger partial charge on any atom is 0.0594 e. The van der Waals surface area contributed by atoms with Crippen LogP contribution in [0.1, 0.15) is 24.9 Å². The Hall–Kier alpha value is -0.420. The third-order valence-corrected chi connectivity index (χ3v) is 3.65. The Morgan fingerprint density at radius 2 is 2.57 bits per heavy atom. The molecule has 0 aromatic carbocycles. The van der Waals surface area contributed by atoms with Crippen LogP contribution in [0.15, 0.2) is 16.8 Å². The van der Waals surface area contributed by atoms with Crippen molar-refractivity contribution in [1.82, 2.24) is 5.43 Å². The van der Waals surface area contributed by atoms with Gasteiger partial charge in [-0.15, -0.1) is 0 Å². The van der Waals surface area contributed by atoms with Crippen LogP contribution in [0.3, 0.4) is 0 Å². The molecule has 78 valence electrons. The van der Waals surface area contributed by atoms with Crippen LogP contribution in [0.4, 0.5) is 0 Å². The molecule has 1 aromatic heterocycles. The second kappa shape index (κ2) is 4.40. The highest BCUT2D eigenvalue weighted by atomic mass is 32.1. The van der Waals surface area contributed by atoms with Crippen molar-refractivity contribution in [3.63, 3.8) is 0 Å². The van der Waals surface area contributed by atoms with Crippen molar-refractivity contribution in [3.8, 4) is 0 Å². The van der Waals surface area contributed by atoms with Gasteiger partial charge in [0.25, 0.3) is 0 Å². The van der Waals surface area contributed by atoms with Gasteiger partial charge in [0.15, 0.2) is 0 Å². The number of thiophene rings is 1. The zero-order valence-corrected chi connectivity index (χ0v) is 9.09. The monoisotopic (exact) mass is 212 g/mol. The van der Waals surface area contributed by atoms with Crippen LogP contribution in [-0.2, 0) is 4.74 Å². The zero-order chi connectivity index (χ0) is 9.97. The Kier molecular flexibility index (Phi) is 3.18. The molecule has 0 radical (unpaired) electrons. The Morgan fingerprint density at radius 1 is 1.71 bits per heavy atom. The van der Waals surface area contributed by atoms with Gasteiger partial charge in [0, 0.05) is 12.5 Å². The lowest BCUT2D eigenvalue weighted by Gasteiger charge is -2.24. The summed E-state index contributed by atoms with van der Waals surface area (Å²) < 4.78 is 5.55. The fraction of sp³-hybridized carbons (Fsp3) is 0.600. The Morgan fingerprint density at radius 3 is 3.07 bits per heavy atom. The summed E-state index contributed by atoms with van der Waals surface area (Å²) in [7, 11) is 0. The fourth-order valence-electron chi connectivity index (χ4n) is 2.10. The van der Waals surface area contributed by atoms with E-state index in [0.29, 0.717) is 12.0 Å². The molecular formula is C10H16N2OS. The van der Waals surface area contributed by atoms with E-state index in [-0.39, 0.29) is 6.04 Å². The Labute approximate surface area is 88.2 Å². The lowest BCUT2D eigenvalue weighted by Crippen LogP contribution is -2.35. The van der Waals surface area contributed by atoms with E-state index in [0.717, 1.165) is 13.0 Å². The molecule has 0 aliphatic carbocycles. The Balaban J connectivity index is 2.13. The molecule has 3 N–H and O–H groups in total. The summed E-state index contributed by atoms with van der Waals surface area (Å²) in [5.74, 6) is 6.10. The molecule has 2 rings (SSSR count). The first-order valence-electron chi connectivity index (χ1n) is 4.92. The topological polar surface area (TPSA) is 47.3 Å². The number of ether oxygens (including phenoxy) is 1. The molecule has 1 aliphatic heterocycles. The summed E-state index contributed by atoms with van der Waals surface area (Å²) >= 11 is 1.71. The largest absolute Gasteiger partial charge is 0.378 e. The molecule has 14 heavy (non-hydrogen) atoms. The van der Waals surface area contributed by atoms with E-state index in [2.05, 4.69) is 29.2 Å². The van der Waals surface area contributed by atoms with E-state index in [1.165, 1.54) is 5.56 Å². The van der Waals surface area contributed by atoms with Crippen LogP contribution in [0.25, 0.3) is 0 Å². The lowest BCUT2D eigenvalue weighted by atomic mass is 9.90. The smallest absolute Gasteiger partial charge is 0.0594 e. The molecule has 4 heteroatoms. The number of hydrogen-bond acceptors (Lipinski definition) is 4. The van der Waals surface area contributed by atoms with Crippen molar-refractivity contribution in [2.75, 3.05) is 6.61 Å². The standard InChI is InChI=1S/C10H16N2OS/c1-7-9(2-4-13-7)10(12-11)8-3-5-14-6-8/h3,5-7,9-10,12H,2,4,11H2,1H3. The minimum absolute atomic E-state index is 0.235. The highest BCUT2D eigenvalue weighted by molar-refractivity contribution is 7.07. The minimum atomic E-state index is 0.235. The van der Waals surface area contributed by atoms with E-state index in [4.69, 9.17) is 10.6 Å². The third kappa shape index (κ3) is 1.83. The predicted molar refractivity (Wildman–Crippen MR) is 57.9 cm³/mol. The van der Waals surface area contributed by atoms with Gasteiger partial charge < -0.3 is 4.74 Å². The molecule has 1 aliphatic rings. The summed E-state index contributed by atoms with van der Waals surface area (Å²) in [4.78, 5) is 0. The van der Waals surface area contributed by atoms with E-state index in [1.54, 1.807) is 11.3 Å². The molecular weight excluding hydrogens is 196 g/mol. The first-order valence-corrected chi connectivity index (χ1v) is 5.87. The predicted octanol–water partition coefficient (Wildman–Crippen LogP) is 1.68. The van der Waals surface area contributed by atoms with Crippen LogP contribution in [0.5, 0.6) is 0 Å². The highest BCUT2D eigenvalue weighted by Gasteiger charge is 2.32. The summed E-state index contributed by atoms with van der Waals surface area (Å²) in [6.07, 6.45) is 1.39. The SMILES string of the molecule is CC1OCCC1C(NN)c1ccsc1. The van der Waals surface area contributed by atoms with E-state index < -0.39 is 0 Å². The molecule has 2 heterocycles. The molecule has 1 saturated heterocycles. The van der Waals surface area contributed by atoms with Crippen LogP contribution < -0.4 is 11.3 Å². The molecule has 0 saturated carbocycles. The quantitative estimate of drug-likeness (QED) is 0.592. The van der Waals surface area contributed by atoms with Crippen molar-refractivity contribution in [1.29, 1.82) is 0 Å². The molecule has 3 nitrogen and oxygen atoms in total. The lowest BCUT2D eigenvalue weighted by molar-refractivity contribution is 0.0954. The summed E-state index contributed by atoms with van der Waals surface area (Å²) in [5.41, 5.74) is 4.18. The van der Waals surface area contributed by atoms with Crippen LogP contribution in [0.2, 0.25) is 0 Å². The van der Waals surface area contributed by atoms with Crippen molar-refractivity contribution in [3.05, 3.63) is 22.4 Å². The normalized spacial score (nSPS) is 29.3. The van der Waals surface area contributed by atoms with Gasteiger partial charge in [-0.05, 0) is 35.7 Å². The van der Waals surface area contributed by atoms with E-state index in [9.17, 15) is 0 Å². The first kappa shape index (κ1) is 10.1. The summed E-state index contributed by atoms with van der Waals surface area (Å²) in [6.45, 7) is 2.97. The van der Waals surface area contributed by atoms with Crippen LogP contribution >= 0.6 is 11.3 Å². The van der Waals surface area contributed by atoms with Crippen molar-refractivity contribution in [2.24, 2.45) is 11.8 Å². The number of hydrazine groups is 1. The van der Waals surface area contributed by atoms with Gasteiger partial charge >= 0.3 is 0 Å². The molecule has 1 fully saturated rings. The molecule has 0 bridgehead atoms. The van der Waals surface area contributed by atoms with Crippen molar-refractivity contribution < 1.29 is 4.74 Å². The number of nitrogens with two attached hydrogens (primary N) is 1. The second-order valence-corrected chi connectivity index (χ2v) is 4.51. The van der Waals surface area contributed by atoms with Crippen LogP contribution in [-0.4, -0.2) is 12.7 Å². The minimum Gasteiger partial charge on any atom is -0.378 e. The van der Waals surface area contributed by atoms with Crippen LogP contribution in [0, 0.1) is 5.92 Å². The summed E-state index contributed by atoms with van der Waals surface area (Å²) in [5, 5.41) is 4.23. The van der Waals surface area contributed by atoms with Gasteiger partial charge in [-0.3, -0.25) is 11.3 Å². The van der Waals surface area contributed by atoms with Gasteiger partial charge in [0.1, 0.15) is 0 Å².